The second kappa shape index (κ2) is 10.4. The fraction of sp³-hybridized carbons (Fsp3) is 0.455. The summed E-state index contributed by atoms with van der Waals surface area (Å²) in [6.07, 6.45) is 3.33. The van der Waals surface area contributed by atoms with Gasteiger partial charge < -0.3 is 25.0 Å². The molecule has 1 amide bonds. The Morgan fingerprint density at radius 1 is 1.27 bits per heavy atom. The van der Waals surface area contributed by atoms with Crippen molar-refractivity contribution in [1.82, 2.24) is 15.6 Å². The number of sulfonamides is 1. The Labute approximate surface area is 193 Å². The minimum Gasteiger partial charge on any atom is -0.497 e. The molecule has 0 unspecified atom stereocenters. The van der Waals surface area contributed by atoms with E-state index in [1.165, 1.54) is 31.5 Å². The SMILES string of the molecule is COc1ccc(S(=O)(=O)Nc2cnc(N3CCNCC3)c(C(=O)NC[C@@H]3CCCO3)c2)cc1. The van der Waals surface area contributed by atoms with Gasteiger partial charge in [-0.15, -0.1) is 0 Å². The Morgan fingerprint density at radius 2 is 2.03 bits per heavy atom. The first-order chi connectivity index (χ1) is 16.0. The summed E-state index contributed by atoms with van der Waals surface area (Å²) >= 11 is 0. The number of rotatable bonds is 8. The Bertz CT molecular complexity index is 1070. The van der Waals surface area contributed by atoms with Crippen LogP contribution >= 0.6 is 0 Å². The van der Waals surface area contributed by atoms with Crippen molar-refractivity contribution in [3.63, 3.8) is 0 Å². The van der Waals surface area contributed by atoms with Gasteiger partial charge >= 0.3 is 0 Å². The van der Waals surface area contributed by atoms with Crippen molar-refractivity contribution >= 4 is 27.4 Å². The quantitative estimate of drug-likeness (QED) is 0.521. The van der Waals surface area contributed by atoms with Crippen LogP contribution in [0.1, 0.15) is 23.2 Å². The highest BCUT2D eigenvalue weighted by Gasteiger charge is 2.24. The van der Waals surface area contributed by atoms with Crippen LogP contribution in [0.25, 0.3) is 0 Å². The van der Waals surface area contributed by atoms with E-state index in [0.717, 1.165) is 25.9 Å². The van der Waals surface area contributed by atoms with Crippen molar-refractivity contribution in [1.29, 1.82) is 0 Å². The molecule has 0 radical (unpaired) electrons. The zero-order chi connectivity index (χ0) is 23.3. The number of hydrogen-bond acceptors (Lipinski definition) is 8. The number of amides is 1. The van der Waals surface area contributed by atoms with Crippen LogP contribution in [-0.2, 0) is 14.8 Å². The number of carbonyl (C=O) groups is 1. The fourth-order valence-corrected chi connectivity index (χ4v) is 4.92. The number of carbonyl (C=O) groups excluding carboxylic acids is 1. The average molecular weight is 476 g/mol. The molecule has 1 atom stereocenters. The Morgan fingerprint density at radius 3 is 2.70 bits per heavy atom. The summed E-state index contributed by atoms with van der Waals surface area (Å²) in [6.45, 7) is 4.08. The van der Waals surface area contributed by atoms with E-state index in [0.29, 0.717) is 43.4 Å². The van der Waals surface area contributed by atoms with Crippen LogP contribution in [-0.4, -0.2) is 71.9 Å². The average Bonchev–Trinajstić information content (AvgIpc) is 3.36. The monoisotopic (exact) mass is 475 g/mol. The molecule has 0 spiro atoms. The van der Waals surface area contributed by atoms with E-state index in [1.807, 2.05) is 4.90 Å². The minimum absolute atomic E-state index is 0.00121. The number of ether oxygens (including phenoxy) is 2. The van der Waals surface area contributed by atoms with Crippen molar-refractivity contribution in [2.75, 3.05) is 56.1 Å². The van der Waals surface area contributed by atoms with Crippen LogP contribution in [0.15, 0.2) is 41.4 Å². The molecule has 3 heterocycles. The molecular weight excluding hydrogens is 446 g/mol. The lowest BCUT2D eigenvalue weighted by Gasteiger charge is -2.30. The number of methoxy groups -OCH3 is 1. The van der Waals surface area contributed by atoms with Crippen molar-refractivity contribution in [2.24, 2.45) is 0 Å². The number of hydrogen-bond donors (Lipinski definition) is 3. The van der Waals surface area contributed by atoms with Gasteiger partial charge in [-0.1, -0.05) is 0 Å². The van der Waals surface area contributed by atoms with Gasteiger partial charge in [-0.2, -0.15) is 0 Å². The topological polar surface area (TPSA) is 122 Å². The summed E-state index contributed by atoms with van der Waals surface area (Å²) in [5.41, 5.74) is 0.539. The normalized spacial score (nSPS) is 18.7. The maximum atomic E-state index is 13.1. The molecule has 0 saturated carbocycles. The van der Waals surface area contributed by atoms with Crippen molar-refractivity contribution in [2.45, 2.75) is 23.8 Å². The predicted octanol–water partition coefficient (Wildman–Crippen LogP) is 1.21. The van der Waals surface area contributed by atoms with Gasteiger partial charge in [0.2, 0.25) is 0 Å². The molecule has 3 N–H and O–H groups in total. The third kappa shape index (κ3) is 5.73. The number of nitrogens with zero attached hydrogens (tertiary/aromatic N) is 2. The molecule has 4 rings (SSSR count). The van der Waals surface area contributed by atoms with Crippen LogP contribution in [0, 0.1) is 0 Å². The summed E-state index contributed by atoms with van der Waals surface area (Å²) in [5.74, 6) is 0.784. The molecule has 2 aromatic rings. The molecule has 178 valence electrons. The summed E-state index contributed by atoms with van der Waals surface area (Å²) < 4.78 is 38.9. The number of anilines is 2. The Balaban J connectivity index is 1.57. The van der Waals surface area contributed by atoms with Gasteiger partial charge in [0, 0.05) is 39.3 Å². The van der Waals surface area contributed by atoms with E-state index in [9.17, 15) is 13.2 Å². The maximum Gasteiger partial charge on any atom is 0.261 e. The highest BCUT2D eigenvalue weighted by Crippen LogP contribution is 2.25. The van der Waals surface area contributed by atoms with Gasteiger partial charge in [-0.3, -0.25) is 9.52 Å². The molecule has 2 fully saturated rings. The van der Waals surface area contributed by atoms with E-state index in [1.54, 1.807) is 12.1 Å². The third-order valence-corrected chi connectivity index (χ3v) is 7.06. The number of aromatic nitrogens is 1. The van der Waals surface area contributed by atoms with Gasteiger partial charge in [-0.05, 0) is 43.2 Å². The molecule has 1 aromatic carbocycles. The van der Waals surface area contributed by atoms with E-state index in [-0.39, 0.29) is 22.6 Å². The number of piperazine rings is 1. The maximum absolute atomic E-state index is 13.1. The highest BCUT2D eigenvalue weighted by molar-refractivity contribution is 7.92. The lowest BCUT2D eigenvalue weighted by molar-refractivity contribution is 0.0858. The van der Waals surface area contributed by atoms with Crippen LogP contribution in [0.5, 0.6) is 5.75 Å². The largest absolute Gasteiger partial charge is 0.497 e. The molecule has 0 bridgehead atoms. The van der Waals surface area contributed by atoms with Crippen molar-refractivity contribution in [3.05, 3.63) is 42.1 Å². The fourth-order valence-electron chi connectivity index (χ4n) is 3.89. The zero-order valence-corrected chi connectivity index (χ0v) is 19.4. The smallest absolute Gasteiger partial charge is 0.261 e. The number of pyridine rings is 1. The number of nitrogens with one attached hydrogen (secondary N) is 3. The van der Waals surface area contributed by atoms with Crippen LogP contribution in [0.3, 0.4) is 0 Å². The Kier molecular flexibility index (Phi) is 7.31. The predicted molar refractivity (Wildman–Crippen MR) is 124 cm³/mol. The summed E-state index contributed by atoms with van der Waals surface area (Å²) in [7, 11) is -2.35. The third-order valence-electron chi connectivity index (χ3n) is 5.66. The molecule has 1 aromatic heterocycles. The van der Waals surface area contributed by atoms with Gasteiger partial charge in [-0.25, -0.2) is 13.4 Å². The van der Waals surface area contributed by atoms with Crippen LogP contribution < -0.4 is 25.0 Å². The first kappa shape index (κ1) is 23.3. The number of benzene rings is 1. The minimum atomic E-state index is -3.86. The van der Waals surface area contributed by atoms with E-state index < -0.39 is 10.0 Å². The first-order valence-electron chi connectivity index (χ1n) is 11.0. The lowest BCUT2D eigenvalue weighted by atomic mass is 10.2. The standard InChI is InChI=1S/C22H29N5O5S/c1-31-17-4-6-19(7-5-17)33(29,30)26-16-13-20(22(28)25-15-18-3-2-12-32-18)21(24-14-16)27-10-8-23-9-11-27/h4-7,13-14,18,23,26H,2-3,8-12,15H2,1H3,(H,25,28)/t18-/m0/s1. The van der Waals surface area contributed by atoms with Gasteiger partial charge in [0.1, 0.15) is 11.6 Å². The van der Waals surface area contributed by atoms with Gasteiger partial charge in [0.05, 0.1) is 35.6 Å². The van der Waals surface area contributed by atoms with Crippen molar-refractivity contribution in [3.8, 4) is 5.75 Å². The van der Waals surface area contributed by atoms with Gasteiger partial charge in [0.15, 0.2) is 0 Å². The summed E-state index contributed by atoms with van der Waals surface area (Å²) in [4.78, 5) is 19.7. The first-order valence-corrected chi connectivity index (χ1v) is 12.5. The van der Waals surface area contributed by atoms with E-state index in [2.05, 4.69) is 20.3 Å². The molecule has 33 heavy (non-hydrogen) atoms. The van der Waals surface area contributed by atoms with Gasteiger partial charge in [0.25, 0.3) is 15.9 Å². The molecule has 11 heteroatoms. The second-order valence-electron chi connectivity index (χ2n) is 7.96. The lowest BCUT2D eigenvalue weighted by Crippen LogP contribution is -2.45. The van der Waals surface area contributed by atoms with E-state index in [4.69, 9.17) is 9.47 Å². The molecule has 2 saturated heterocycles. The van der Waals surface area contributed by atoms with Crippen molar-refractivity contribution < 1.29 is 22.7 Å². The molecule has 2 aliphatic rings. The highest BCUT2D eigenvalue weighted by atomic mass is 32.2. The Hall–Kier alpha value is -2.89. The second-order valence-corrected chi connectivity index (χ2v) is 9.64. The van der Waals surface area contributed by atoms with Crippen LogP contribution in [0.2, 0.25) is 0 Å². The molecular formula is C22H29N5O5S. The van der Waals surface area contributed by atoms with E-state index >= 15 is 0 Å². The zero-order valence-electron chi connectivity index (χ0n) is 18.5. The molecule has 2 aliphatic heterocycles. The summed E-state index contributed by atoms with van der Waals surface area (Å²) in [5, 5.41) is 6.19. The molecule has 0 aliphatic carbocycles. The molecule has 10 nitrogen and oxygen atoms in total. The summed E-state index contributed by atoms with van der Waals surface area (Å²) in [6, 6.07) is 7.60. The van der Waals surface area contributed by atoms with Crippen LogP contribution in [0.4, 0.5) is 11.5 Å².